The number of anilines is 1. The van der Waals surface area contributed by atoms with Gasteiger partial charge in [-0.1, -0.05) is 31.9 Å². The lowest BCUT2D eigenvalue weighted by Crippen LogP contribution is -2.17. The summed E-state index contributed by atoms with van der Waals surface area (Å²) in [5.74, 6) is 0.106. The summed E-state index contributed by atoms with van der Waals surface area (Å²) in [5, 5.41) is 5.49. The zero-order valence-electron chi connectivity index (χ0n) is 12.4. The number of unbranched alkanes of at least 4 members (excludes halogenated alkanes) is 2. The van der Waals surface area contributed by atoms with E-state index < -0.39 is 0 Å². The lowest BCUT2D eigenvalue weighted by Gasteiger charge is -2.06. The van der Waals surface area contributed by atoms with Gasteiger partial charge in [-0.15, -0.1) is 0 Å². The first-order valence-corrected chi connectivity index (χ1v) is 7.25. The summed E-state index contributed by atoms with van der Waals surface area (Å²) in [7, 11) is 1.64. The smallest absolute Gasteiger partial charge is 0.224 e. The van der Waals surface area contributed by atoms with E-state index in [1.807, 2.05) is 24.3 Å². The Kier molecular flexibility index (Phi) is 7.40. The lowest BCUT2D eigenvalue weighted by atomic mass is 10.1. The van der Waals surface area contributed by atoms with Gasteiger partial charge in [0.2, 0.25) is 11.8 Å². The highest BCUT2D eigenvalue weighted by molar-refractivity contribution is 5.90. The Hall–Kier alpha value is -1.84. The number of hydrogen-bond acceptors (Lipinski definition) is 2. The van der Waals surface area contributed by atoms with Gasteiger partial charge in [0, 0.05) is 25.6 Å². The molecule has 1 rings (SSSR count). The second-order valence-electron chi connectivity index (χ2n) is 4.88. The van der Waals surface area contributed by atoms with E-state index in [9.17, 15) is 9.59 Å². The summed E-state index contributed by atoms with van der Waals surface area (Å²) in [4.78, 5) is 22.8. The van der Waals surface area contributed by atoms with Crippen LogP contribution in [0.4, 0.5) is 5.69 Å². The van der Waals surface area contributed by atoms with E-state index in [-0.39, 0.29) is 11.8 Å². The zero-order valence-corrected chi connectivity index (χ0v) is 12.4. The molecular weight excluding hydrogens is 252 g/mol. The Bertz CT molecular complexity index is 427. The minimum atomic E-state index is 0.0401. The first-order valence-electron chi connectivity index (χ1n) is 7.25. The number of aryl methyl sites for hydroxylation is 1. The van der Waals surface area contributed by atoms with Crippen LogP contribution in [0.1, 0.15) is 44.6 Å². The number of nitrogens with one attached hydrogen (secondary N) is 2. The van der Waals surface area contributed by atoms with Crippen molar-refractivity contribution in [1.82, 2.24) is 5.32 Å². The van der Waals surface area contributed by atoms with E-state index in [1.54, 1.807) is 7.05 Å². The van der Waals surface area contributed by atoms with Crippen molar-refractivity contribution in [3.63, 3.8) is 0 Å². The lowest BCUT2D eigenvalue weighted by molar-refractivity contribution is -0.120. The molecule has 0 aliphatic carbocycles. The third-order valence-electron chi connectivity index (χ3n) is 3.16. The molecule has 1 aromatic carbocycles. The van der Waals surface area contributed by atoms with Gasteiger partial charge in [0.15, 0.2) is 0 Å². The molecule has 0 unspecified atom stereocenters. The number of rotatable bonds is 8. The molecule has 0 heterocycles. The number of carbonyl (C=O) groups excluding carboxylic acids is 2. The SMILES string of the molecule is CCCCCC(=O)Nc1ccc(CCC(=O)NC)cc1. The van der Waals surface area contributed by atoms with Crippen molar-refractivity contribution >= 4 is 17.5 Å². The predicted molar refractivity (Wildman–Crippen MR) is 81.6 cm³/mol. The standard InChI is InChI=1S/C16H24N2O2/c1-3-4-5-6-16(20)18-14-10-7-13(8-11-14)9-12-15(19)17-2/h7-8,10-11H,3-6,9,12H2,1-2H3,(H,17,19)(H,18,20). The summed E-state index contributed by atoms with van der Waals surface area (Å²) in [6.45, 7) is 2.12. The molecule has 1 aromatic rings. The van der Waals surface area contributed by atoms with Gasteiger partial charge in [0.05, 0.1) is 0 Å². The Balaban J connectivity index is 2.38. The van der Waals surface area contributed by atoms with Crippen molar-refractivity contribution in [2.24, 2.45) is 0 Å². The molecule has 0 aliphatic heterocycles. The fourth-order valence-corrected chi connectivity index (χ4v) is 1.90. The second kappa shape index (κ2) is 9.13. The highest BCUT2D eigenvalue weighted by Gasteiger charge is 2.03. The molecule has 0 fully saturated rings. The molecule has 0 atom stereocenters. The molecule has 0 bridgehead atoms. The highest BCUT2D eigenvalue weighted by atomic mass is 16.2. The van der Waals surface area contributed by atoms with Crippen molar-refractivity contribution in [2.75, 3.05) is 12.4 Å². The quantitative estimate of drug-likeness (QED) is 0.717. The highest BCUT2D eigenvalue weighted by Crippen LogP contribution is 2.12. The van der Waals surface area contributed by atoms with E-state index in [0.29, 0.717) is 19.3 Å². The average Bonchev–Trinajstić information content (AvgIpc) is 2.46. The molecule has 0 aromatic heterocycles. The molecule has 0 aliphatic rings. The maximum atomic E-state index is 11.7. The normalized spacial score (nSPS) is 10.1. The molecule has 0 saturated heterocycles. The molecule has 2 amide bonds. The summed E-state index contributed by atoms with van der Waals surface area (Å²) >= 11 is 0. The first kappa shape index (κ1) is 16.2. The Morgan fingerprint density at radius 1 is 1.00 bits per heavy atom. The third kappa shape index (κ3) is 6.36. The fourth-order valence-electron chi connectivity index (χ4n) is 1.90. The molecule has 2 N–H and O–H groups in total. The van der Waals surface area contributed by atoms with Crippen LogP contribution in [-0.4, -0.2) is 18.9 Å². The predicted octanol–water partition coefficient (Wildman–Crippen LogP) is 2.88. The van der Waals surface area contributed by atoms with Gasteiger partial charge in [-0.05, 0) is 30.5 Å². The molecule has 4 heteroatoms. The van der Waals surface area contributed by atoms with Crippen molar-refractivity contribution in [1.29, 1.82) is 0 Å². The van der Waals surface area contributed by atoms with E-state index in [1.165, 1.54) is 0 Å². The van der Waals surface area contributed by atoms with Crippen LogP contribution in [0.15, 0.2) is 24.3 Å². The molecule has 0 spiro atoms. The van der Waals surface area contributed by atoms with E-state index in [0.717, 1.165) is 30.5 Å². The third-order valence-corrected chi connectivity index (χ3v) is 3.16. The van der Waals surface area contributed by atoms with Crippen molar-refractivity contribution < 1.29 is 9.59 Å². The molecule has 110 valence electrons. The molecular formula is C16H24N2O2. The topological polar surface area (TPSA) is 58.2 Å². The largest absolute Gasteiger partial charge is 0.359 e. The molecule has 4 nitrogen and oxygen atoms in total. The number of carbonyl (C=O) groups is 2. The van der Waals surface area contributed by atoms with Crippen LogP contribution in [0, 0.1) is 0 Å². The summed E-state index contributed by atoms with van der Waals surface area (Å²) in [6, 6.07) is 7.67. The van der Waals surface area contributed by atoms with Crippen LogP contribution in [0.2, 0.25) is 0 Å². The van der Waals surface area contributed by atoms with Crippen molar-refractivity contribution in [2.45, 2.75) is 45.4 Å². The number of benzene rings is 1. The van der Waals surface area contributed by atoms with Gasteiger partial charge >= 0.3 is 0 Å². The second-order valence-corrected chi connectivity index (χ2v) is 4.88. The van der Waals surface area contributed by atoms with Crippen LogP contribution in [0.3, 0.4) is 0 Å². The van der Waals surface area contributed by atoms with Gasteiger partial charge in [-0.25, -0.2) is 0 Å². The summed E-state index contributed by atoms with van der Waals surface area (Å²) in [5.41, 5.74) is 1.91. The van der Waals surface area contributed by atoms with E-state index in [4.69, 9.17) is 0 Å². The van der Waals surface area contributed by atoms with Crippen LogP contribution in [-0.2, 0) is 16.0 Å². The Morgan fingerprint density at radius 2 is 1.70 bits per heavy atom. The van der Waals surface area contributed by atoms with Gasteiger partial charge < -0.3 is 10.6 Å². The summed E-state index contributed by atoms with van der Waals surface area (Å²) < 4.78 is 0. The Labute approximate surface area is 121 Å². The maximum Gasteiger partial charge on any atom is 0.224 e. The fraction of sp³-hybridized carbons (Fsp3) is 0.500. The van der Waals surface area contributed by atoms with Crippen LogP contribution in [0.25, 0.3) is 0 Å². The van der Waals surface area contributed by atoms with Gasteiger partial charge in [0.1, 0.15) is 0 Å². The zero-order chi connectivity index (χ0) is 14.8. The van der Waals surface area contributed by atoms with Crippen molar-refractivity contribution in [3.8, 4) is 0 Å². The first-order chi connectivity index (χ1) is 9.65. The minimum Gasteiger partial charge on any atom is -0.359 e. The Morgan fingerprint density at radius 3 is 2.30 bits per heavy atom. The molecule has 20 heavy (non-hydrogen) atoms. The van der Waals surface area contributed by atoms with Crippen molar-refractivity contribution in [3.05, 3.63) is 29.8 Å². The van der Waals surface area contributed by atoms with Crippen LogP contribution >= 0.6 is 0 Å². The van der Waals surface area contributed by atoms with Gasteiger partial charge in [-0.2, -0.15) is 0 Å². The van der Waals surface area contributed by atoms with Crippen LogP contribution < -0.4 is 10.6 Å². The molecule has 0 saturated carbocycles. The number of amides is 2. The summed E-state index contributed by atoms with van der Waals surface area (Å²) in [6.07, 6.45) is 4.92. The van der Waals surface area contributed by atoms with Gasteiger partial charge in [0.25, 0.3) is 0 Å². The number of hydrogen-bond donors (Lipinski definition) is 2. The van der Waals surface area contributed by atoms with Gasteiger partial charge in [-0.3, -0.25) is 9.59 Å². The minimum absolute atomic E-state index is 0.0401. The van der Waals surface area contributed by atoms with E-state index in [2.05, 4.69) is 17.6 Å². The monoisotopic (exact) mass is 276 g/mol. The van der Waals surface area contributed by atoms with Crippen LogP contribution in [0.5, 0.6) is 0 Å². The molecule has 0 radical (unpaired) electrons. The van der Waals surface area contributed by atoms with E-state index >= 15 is 0 Å². The maximum absolute atomic E-state index is 11.7. The average molecular weight is 276 g/mol.